The number of H-pyrrole nitrogens is 1. The highest BCUT2D eigenvalue weighted by atomic mass is 16.5. The predicted molar refractivity (Wildman–Crippen MR) is 81.6 cm³/mol. The van der Waals surface area contributed by atoms with E-state index in [9.17, 15) is 4.79 Å². The predicted octanol–water partition coefficient (Wildman–Crippen LogP) is 3.18. The van der Waals surface area contributed by atoms with Crippen LogP contribution in [0.15, 0.2) is 36.5 Å². The Hall–Kier alpha value is -2.23. The number of rotatable bonds is 3. The van der Waals surface area contributed by atoms with E-state index in [-0.39, 0.29) is 17.4 Å². The van der Waals surface area contributed by atoms with E-state index in [0.29, 0.717) is 12.2 Å². The molecule has 1 aliphatic rings. The van der Waals surface area contributed by atoms with Crippen LogP contribution in [0.5, 0.6) is 5.75 Å². The fraction of sp³-hybridized carbons (Fsp3) is 0.353. The molecule has 1 atom stereocenters. The summed E-state index contributed by atoms with van der Waals surface area (Å²) in [7, 11) is 0. The highest BCUT2D eigenvalue weighted by molar-refractivity contribution is 5.95. The number of benzene rings is 1. The summed E-state index contributed by atoms with van der Waals surface area (Å²) in [6.45, 7) is 6.88. The second kappa shape index (κ2) is 4.95. The third-order valence-electron chi connectivity index (χ3n) is 4.00. The largest absolute Gasteiger partial charge is 0.492 e. The van der Waals surface area contributed by atoms with Crippen molar-refractivity contribution >= 4 is 5.91 Å². The molecule has 1 aliphatic heterocycles. The minimum absolute atomic E-state index is 0.0449. The molecular formula is C17H20N2O2. The van der Waals surface area contributed by atoms with Gasteiger partial charge in [0.15, 0.2) is 0 Å². The van der Waals surface area contributed by atoms with Crippen molar-refractivity contribution in [3.05, 3.63) is 53.3 Å². The van der Waals surface area contributed by atoms with Gasteiger partial charge in [-0.05, 0) is 37.3 Å². The summed E-state index contributed by atoms with van der Waals surface area (Å²) in [4.78, 5) is 15.5. The normalized spacial score (nSPS) is 16.9. The lowest BCUT2D eigenvalue weighted by atomic mass is 9.86. The summed E-state index contributed by atoms with van der Waals surface area (Å²) < 4.78 is 5.65. The van der Waals surface area contributed by atoms with Crippen LogP contribution in [0.1, 0.15) is 48.4 Å². The highest BCUT2D eigenvalue weighted by Crippen LogP contribution is 2.38. The van der Waals surface area contributed by atoms with Crippen molar-refractivity contribution in [1.82, 2.24) is 10.3 Å². The third-order valence-corrected chi connectivity index (χ3v) is 4.00. The van der Waals surface area contributed by atoms with E-state index in [1.807, 2.05) is 43.5 Å². The van der Waals surface area contributed by atoms with Crippen molar-refractivity contribution in [2.24, 2.45) is 0 Å². The maximum atomic E-state index is 12.4. The van der Waals surface area contributed by atoms with Gasteiger partial charge in [-0.2, -0.15) is 0 Å². The van der Waals surface area contributed by atoms with Crippen molar-refractivity contribution in [3.8, 4) is 5.75 Å². The molecule has 0 fully saturated rings. The minimum atomic E-state index is -0.0670. The zero-order chi connectivity index (χ0) is 15.0. The Morgan fingerprint density at radius 1 is 1.38 bits per heavy atom. The van der Waals surface area contributed by atoms with Gasteiger partial charge >= 0.3 is 0 Å². The second-order valence-electron chi connectivity index (χ2n) is 6.20. The fourth-order valence-electron chi connectivity index (χ4n) is 2.63. The lowest BCUT2D eigenvalue weighted by molar-refractivity contribution is 0.0939. The zero-order valence-electron chi connectivity index (χ0n) is 12.6. The minimum Gasteiger partial charge on any atom is -0.492 e. The molecule has 2 heterocycles. The second-order valence-corrected chi connectivity index (χ2v) is 6.20. The number of aromatic nitrogens is 1. The molecule has 3 rings (SSSR count). The molecule has 0 saturated heterocycles. The third kappa shape index (κ3) is 2.53. The van der Waals surface area contributed by atoms with Gasteiger partial charge in [-0.3, -0.25) is 4.79 Å². The van der Waals surface area contributed by atoms with Crippen molar-refractivity contribution in [3.63, 3.8) is 0 Å². The van der Waals surface area contributed by atoms with Crippen molar-refractivity contribution in [1.29, 1.82) is 0 Å². The maximum absolute atomic E-state index is 12.4. The molecule has 0 aliphatic carbocycles. The SMILES string of the molecule is CC(NC(=O)c1ccc2c(c1)C(C)(C)CO2)c1ccc[nH]1. The number of nitrogens with one attached hydrogen (secondary N) is 2. The molecule has 2 N–H and O–H groups in total. The number of hydrogen-bond donors (Lipinski definition) is 2. The van der Waals surface area contributed by atoms with E-state index < -0.39 is 0 Å². The van der Waals surface area contributed by atoms with Crippen molar-refractivity contribution in [2.45, 2.75) is 32.2 Å². The van der Waals surface area contributed by atoms with Gasteiger partial charge in [-0.25, -0.2) is 0 Å². The van der Waals surface area contributed by atoms with Crippen LogP contribution in [-0.4, -0.2) is 17.5 Å². The number of ether oxygens (including phenoxy) is 1. The van der Waals surface area contributed by atoms with Crippen LogP contribution in [0.2, 0.25) is 0 Å². The fourth-order valence-corrected chi connectivity index (χ4v) is 2.63. The van der Waals surface area contributed by atoms with E-state index in [0.717, 1.165) is 17.0 Å². The molecule has 21 heavy (non-hydrogen) atoms. The smallest absolute Gasteiger partial charge is 0.251 e. The van der Waals surface area contributed by atoms with Gasteiger partial charge in [0, 0.05) is 28.4 Å². The van der Waals surface area contributed by atoms with Crippen molar-refractivity contribution < 1.29 is 9.53 Å². The summed E-state index contributed by atoms with van der Waals surface area (Å²) in [6, 6.07) is 9.48. The Kier molecular flexibility index (Phi) is 3.24. The van der Waals surface area contributed by atoms with Gasteiger partial charge in [0.25, 0.3) is 5.91 Å². The molecule has 2 aromatic rings. The quantitative estimate of drug-likeness (QED) is 0.909. The van der Waals surface area contributed by atoms with E-state index >= 15 is 0 Å². The first kappa shape index (κ1) is 13.7. The first-order chi connectivity index (χ1) is 9.97. The van der Waals surface area contributed by atoms with Crippen LogP contribution in [0.25, 0.3) is 0 Å². The van der Waals surface area contributed by atoms with Crippen LogP contribution in [0, 0.1) is 0 Å². The lowest BCUT2D eigenvalue weighted by Crippen LogP contribution is -2.27. The number of aromatic amines is 1. The van der Waals surface area contributed by atoms with Gasteiger partial charge in [-0.15, -0.1) is 0 Å². The Morgan fingerprint density at radius 2 is 2.19 bits per heavy atom. The number of hydrogen-bond acceptors (Lipinski definition) is 2. The van der Waals surface area contributed by atoms with E-state index in [1.165, 1.54) is 0 Å². The van der Waals surface area contributed by atoms with Gasteiger partial charge < -0.3 is 15.0 Å². The summed E-state index contributed by atoms with van der Waals surface area (Å²) in [5.74, 6) is 0.816. The molecule has 4 heteroatoms. The molecule has 1 unspecified atom stereocenters. The summed E-state index contributed by atoms with van der Waals surface area (Å²) >= 11 is 0. The lowest BCUT2D eigenvalue weighted by Gasteiger charge is -2.17. The van der Waals surface area contributed by atoms with Crippen LogP contribution in [-0.2, 0) is 5.41 Å². The van der Waals surface area contributed by atoms with Crippen LogP contribution in [0.4, 0.5) is 0 Å². The van der Waals surface area contributed by atoms with Gasteiger partial charge in [0.05, 0.1) is 12.6 Å². The number of fused-ring (bicyclic) bond motifs is 1. The van der Waals surface area contributed by atoms with Crippen molar-refractivity contribution in [2.75, 3.05) is 6.61 Å². The van der Waals surface area contributed by atoms with Crippen LogP contribution >= 0.6 is 0 Å². The summed E-state index contributed by atoms with van der Waals surface area (Å²) in [5, 5.41) is 3.01. The number of carbonyl (C=O) groups excluding carboxylic acids is 1. The number of amides is 1. The monoisotopic (exact) mass is 284 g/mol. The van der Waals surface area contributed by atoms with Crippen LogP contribution in [0.3, 0.4) is 0 Å². The molecule has 1 aromatic heterocycles. The maximum Gasteiger partial charge on any atom is 0.251 e. The zero-order valence-corrected chi connectivity index (χ0v) is 12.6. The molecule has 0 saturated carbocycles. The molecule has 0 spiro atoms. The number of carbonyl (C=O) groups is 1. The van der Waals surface area contributed by atoms with Crippen LogP contribution < -0.4 is 10.1 Å². The Balaban J connectivity index is 1.80. The Bertz CT molecular complexity index is 659. The summed E-state index contributed by atoms with van der Waals surface area (Å²) in [5.41, 5.74) is 2.72. The Labute approximate surface area is 124 Å². The first-order valence-corrected chi connectivity index (χ1v) is 7.19. The average molecular weight is 284 g/mol. The standard InChI is InChI=1S/C17H20N2O2/c1-11(14-5-4-8-18-14)19-16(20)12-6-7-15-13(9-12)17(2,3)10-21-15/h4-9,11,18H,10H2,1-3H3,(H,19,20). The first-order valence-electron chi connectivity index (χ1n) is 7.19. The molecular weight excluding hydrogens is 264 g/mol. The topological polar surface area (TPSA) is 54.1 Å². The molecule has 110 valence electrons. The van der Waals surface area contributed by atoms with E-state index in [2.05, 4.69) is 24.1 Å². The van der Waals surface area contributed by atoms with Gasteiger partial charge in [0.2, 0.25) is 0 Å². The van der Waals surface area contributed by atoms with Gasteiger partial charge in [0.1, 0.15) is 5.75 Å². The summed E-state index contributed by atoms with van der Waals surface area (Å²) in [6.07, 6.45) is 1.85. The van der Waals surface area contributed by atoms with E-state index in [4.69, 9.17) is 4.74 Å². The Morgan fingerprint density at radius 3 is 2.90 bits per heavy atom. The highest BCUT2D eigenvalue weighted by Gasteiger charge is 2.32. The molecule has 1 amide bonds. The molecule has 4 nitrogen and oxygen atoms in total. The van der Waals surface area contributed by atoms with Gasteiger partial charge in [-0.1, -0.05) is 13.8 Å². The molecule has 0 bridgehead atoms. The molecule has 1 aromatic carbocycles. The molecule has 0 radical (unpaired) electrons. The average Bonchev–Trinajstić information content (AvgIpc) is 3.07. The van der Waals surface area contributed by atoms with E-state index in [1.54, 1.807) is 0 Å².